The molecule has 2 N–H and O–H groups in total. The smallest absolute Gasteiger partial charge is 0.266 e. The highest BCUT2D eigenvalue weighted by Crippen LogP contribution is 2.29. The molecular formula is C24H20FN3O4S. The quantitative estimate of drug-likeness (QED) is 0.418. The molecule has 1 amide bonds. The summed E-state index contributed by atoms with van der Waals surface area (Å²) in [6, 6.07) is 15.6. The molecule has 0 saturated carbocycles. The van der Waals surface area contributed by atoms with Gasteiger partial charge in [0, 0.05) is 18.2 Å². The van der Waals surface area contributed by atoms with Crippen molar-refractivity contribution in [1.82, 2.24) is 14.9 Å². The summed E-state index contributed by atoms with van der Waals surface area (Å²) >= 11 is 5.43. The Bertz CT molecular complexity index is 1460. The van der Waals surface area contributed by atoms with Crippen LogP contribution in [0, 0.1) is 10.6 Å². The van der Waals surface area contributed by atoms with Gasteiger partial charge in [-0.1, -0.05) is 12.1 Å². The summed E-state index contributed by atoms with van der Waals surface area (Å²) < 4.78 is 25.1. The third-order valence-electron chi connectivity index (χ3n) is 5.15. The van der Waals surface area contributed by atoms with Crippen molar-refractivity contribution in [3.05, 3.63) is 92.7 Å². The summed E-state index contributed by atoms with van der Waals surface area (Å²) in [4.78, 5) is 28.8. The average Bonchev–Trinajstić information content (AvgIpc) is 2.83. The molecular weight excluding hydrogens is 445 g/mol. The number of aromatic amines is 1. The Hall–Kier alpha value is -3.98. The molecule has 0 saturated heterocycles. The lowest BCUT2D eigenvalue weighted by Crippen LogP contribution is -2.24. The van der Waals surface area contributed by atoms with E-state index in [2.05, 4.69) is 10.3 Å². The van der Waals surface area contributed by atoms with Gasteiger partial charge in [-0.3, -0.25) is 14.2 Å². The fourth-order valence-corrected chi connectivity index (χ4v) is 3.74. The summed E-state index contributed by atoms with van der Waals surface area (Å²) in [7, 11) is 3.04. The van der Waals surface area contributed by atoms with Crippen LogP contribution in [0.3, 0.4) is 0 Å². The fourth-order valence-electron chi connectivity index (χ4n) is 3.44. The normalized spacial score (nSPS) is 10.8. The van der Waals surface area contributed by atoms with Gasteiger partial charge in [0.15, 0.2) is 16.3 Å². The lowest BCUT2D eigenvalue weighted by molar-refractivity contribution is 0.0951. The molecule has 3 aromatic carbocycles. The highest BCUT2D eigenvalue weighted by molar-refractivity contribution is 7.71. The zero-order valence-corrected chi connectivity index (χ0v) is 18.7. The Morgan fingerprint density at radius 1 is 1.03 bits per heavy atom. The molecule has 1 aromatic heterocycles. The average molecular weight is 466 g/mol. The topological polar surface area (TPSA) is 85.4 Å². The number of H-pyrrole nitrogens is 1. The van der Waals surface area contributed by atoms with E-state index < -0.39 is 0 Å². The summed E-state index contributed by atoms with van der Waals surface area (Å²) in [5.74, 6) is 0.323. The van der Waals surface area contributed by atoms with Gasteiger partial charge in [0.2, 0.25) is 0 Å². The van der Waals surface area contributed by atoms with Gasteiger partial charge in [0.25, 0.3) is 11.5 Å². The number of carbonyl (C=O) groups excluding carboxylic acids is 1. The van der Waals surface area contributed by atoms with E-state index in [4.69, 9.17) is 21.7 Å². The predicted octanol–water partition coefficient (Wildman–Crippen LogP) is 4.13. The van der Waals surface area contributed by atoms with Crippen LogP contribution >= 0.6 is 12.2 Å². The zero-order valence-electron chi connectivity index (χ0n) is 17.8. The van der Waals surface area contributed by atoms with Gasteiger partial charge in [0.1, 0.15) is 5.82 Å². The van der Waals surface area contributed by atoms with Crippen LogP contribution in [0.4, 0.5) is 4.39 Å². The first kappa shape index (κ1) is 22.2. The van der Waals surface area contributed by atoms with Crippen LogP contribution < -0.4 is 20.3 Å². The number of aromatic nitrogens is 2. The Balaban J connectivity index is 1.66. The predicted molar refractivity (Wildman–Crippen MR) is 125 cm³/mol. The summed E-state index contributed by atoms with van der Waals surface area (Å²) in [6.45, 7) is 0.244. The number of hydrogen-bond donors (Lipinski definition) is 2. The van der Waals surface area contributed by atoms with E-state index in [1.807, 2.05) is 0 Å². The number of rotatable bonds is 6. The maximum atomic E-state index is 13.2. The van der Waals surface area contributed by atoms with Crippen molar-refractivity contribution in [3.8, 4) is 17.2 Å². The number of nitrogens with zero attached hydrogens (tertiary/aromatic N) is 1. The Labute approximate surface area is 193 Å². The number of benzene rings is 3. The van der Waals surface area contributed by atoms with Gasteiger partial charge in [-0.2, -0.15) is 0 Å². The first-order chi connectivity index (χ1) is 15.9. The minimum absolute atomic E-state index is 0.170. The van der Waals surface area contributed by atoms with Crippen molar-refractivity contribution in [2.75, 3.05) is 14.2 Å². The van der Waals surface area contributed by atoms with E-state index in [0.29, 0.717) is 33.7 Å². The first-order valence-corrected chi connectivity index (χ1v) is 10.4. The second-order valence-corrected chi connectivity index (χ2v) is 7.57. The van der Waals surface area contributed by atoms with Gasteiger partial charge in [0.05, 0.1) is 30.8 Å². The lowest BCUT2D eigenvalue weighted by Gasteiger charge is -2.12. The van der Waals surface area contributed by atoms with Gasteiger partial charge >= 0.3 is 0 Å². The molecule has 0 radical (unpaired) electrons. The van der Waals surface area contributed by atoms with Gasteiger partial charge in [-0.05, 0) is 60.2 Å². The summed E-state index contributed by atoms with van der Waals surface area (Å²) in [5.41, 5.74) is 1.75. The highest BCUT2D eigenvalue weighted by atomic mass is 32.1. The molecule has 0 fully saturated rings. The SMILES string of the molecule is COc1ccc(-n2c(=S)[nH]c3cc(C(=O)NCc4ccc(F)cc4)ccc3c2=O)cc1OC. The van der Waals surface area contributed by atoms with Crippen LogP contribution in [0.5, 0.6) is 11.5 Å². The first-order valence-electron chi connectivity index (χ1n) is 9.95. The molecule has 0 unspecified atom stereocenters. The highest BCUT2D eigenvalue weighted by Gasteiger charge is 2.13. The van der Waals surface area contributed by atoms with E-state index in [1.54, 1.807) is 48.5 Å². The van der Waals surface area contributed by atoms with Crippen LogP contribution in [0.25, 0.3) is 16.6 Å². The second kappa shape index (κ2) is 9.25. The Morgan fingerprint density at radius 3 is 2.45 bits per heavy atom. The molecule has 0 atom stereocenters. The number of nitrogens with one attached hydrogen (secondary N) is 2. The summed E-state index contributed by atoms with van der Waals surface area (Å²) in [6.07, 6.45) is 0. The molecule has 9 heteroatoms. The van der Waals surface area contributed by atoms with Crippen molar-refractivity contribution >= 4 is 29.0 Å². The molecule has 1 heterocycles. The van der Waals surface area contributed by atoms with Crippen LogP contribution in [0.15, 0.2) is 65.5 Å². The Kier molecular flexibility index (Phi) is 6.23. The molecule has 33 heavy (non-hydrogen) atoms. The number of fused-ring (bicyclic) bond motifs is 1. The van der Waals surface area contributed by atoms with E-state index >= 15 is 0 Å². The molecule has 0 aliphatic rings. The van der Waals surface area contributed by atoms with Crippen molar-refractivity contribution in [2.24, 2.45) is 0 Å². The van der Waals surface area contributed by atoms with Gasteiger partial charge < -0.3 is 19.8 Å². The molecule has 0 spiro atoms. The van der Waals surface area contributed by atoms with Crippen molar-refractivity contribution in [1.29, 1.82) is 0 Å². The third kappa shape index (κ3) is 4.49. The van der Waals surface area contributed by atoms with E-state index in [-0.39, 0.29) is 28.6 Å². The third-order valence-corrected chi connectivity index (χ3v) is 5.44. The van der Waals surface area contributed by atoms with Crippen LogP contribution in [-0.4, -0.2) is 29.7 Å². The van der Waals surface area contributed by atoms with Gasteiger partial charge in [-0.15, -0.1) is 0 Å². The zero-order chi connectivity index (χ0) is 23.5. The molecule has 0 bridgehead atoms. The number of ether oxygens (including phenoxy) is 2. The Morgan fingerprint density at radius 2 is 1.76 bits per heavy atom. The van der Waals surface area contributed by atoms with Crippen molar-refractivity contribution in [3.63, 3.8) is 0 Å². The number of halogens is 1. The molecule has 168 valence electrons. The van der Waals surface area contributed by atoms with E-state index in [1.165, 1.54) is 30.9 Å². The number of methoxy groups -OCH3 is 2. The van der Waals surface area contributed by atoms with Crippen LogP contribution in [-0.2, 0) is 6.54 Å². The molecule has 4 aromatic rings. The molecule has 7 nitrogen and oxygen atoms in total. The van der Waals surface area contributed by atoms with E-state index in [9.17, 15) is 14.0 Å². The van der Waals surface area contributed by atoms with Crippen LogP contribution in [0.1, 0.15) is 15.9 Å². The lowest BCUT2D eigenvalue weighted by atomic mass is 10.1. The second-order valence-electron chi connectivity index (χ2n) is 7.18. The van der Waals surface area contributed by atoms with Crippen LogP contribution in [0.2, 0.25) is 0 Å². The fraction of sp³-hybridized carbons (Fsp3) is 0.125. The minimum Gasteiger partial charge on any atom is -0.493 e. The molecule has 0 aliphatic carbocycles. The summed E-state index contributed by atoms with van der Waals surface area (Å²) in [5, 5.41) is 3.15. The van der Waals surface area contributed by atoms with Crippen molar-refractivity contribution < 1.29 is 18.7 Å². The largest absolute Gasteiger partial charge is 0.493 e. The molecule has 4 rings (SSSR count). The molecule has 0 aliphatic heterocycles. The van der Waals surface area contributed by atoms with Crippen molar-refractivity contribution in [2.45, 2.75) is 6.54 Å². The number of carbonyl (C=O) groups is 1. The van der Waals surface area contributed by atoms with Gasteiger partial charge in [-0.25, -0.2) is 4.39 Å². The minimum atomic E-state index is -0.339. The number of hydrogen-bond acceptors (Lipinski definition) is 5. The monoisotopic (exact) mass is 465 g/mol. The number of amides is 1. The standard InChI is InChI=1S/C24H20FN3O4S/c1-31-20-10-8-17(12-21(20)32-2)28-23(30)18-9-5-15(11-19(18)27-24(28)33)22(29)26-13-14-3-6-16(25)7-4-14/h3-12H,13H2,1-2H3,(H,26,29)(H,27,33). The van der Waals surface area contributed by atoms with E-state index in [0.717, 1.165) is 5.56 Å². The maximum Gasteiger partial charge on any atom is 0.266 e. The maximum absolute atomic E-state index is 13.2.